The lowest BCUT2D eigenvalue weighted by molar-refractivity contribution is -0.125. The molecule has 3 heterocycles. The Labute approximate surface area is 168 Å². The number of unbranched alkanes of at least 4 members (excludes halogenated alkanes) is 1. The second-order valence-corrected chi connectivity index (χ2v) is 7.51. The maximum Gasteiger partial charge on any atom is 0.246 e. The fraction of sp³-hybridized carbons (Fsp3) is 0.364. The highest BCUT2D eigenvalue weighted by Gasteiger charge is 2.57. The third-order valence-electron chi connectivity index (χ3n) is 5.80. The Morgan fingerprint density at radius 2 is 1.90 bits per heavy atom. The van der Waals surface area contributed by atoms with Crippen LogP contribution in [-0.4, -0.2) is 38.3 Å². The van der Waals surface area contributed by atoms with Gasteiger partial charge in [-0.25, -0.2) is 0 Å². The molecule has 2 aromatic carbocycles. The summed E-state index contributed by atoms with van der Waals surface area (Å²) in [6, 6.07) is 11.2. The van der Waals surface area contributed by atoms with Crippen LogP contribution in [0, 0.1) is 0 Å². The van der Waals surface area contributed by atoms with Gasteiger partial charge < -0.3 is 24.4 Å². The minimum Gasteiger partial charge on any atom is -0.491 e. The normalized spacial score (nSPS) is 20.6. The van der Waals surface area contributed by atoms with Gasteiger partial charge in [0, 0.05) is 23.9 Å². The van der Waals surface area contributed by atoms with Crippen LogP contribution in [0.15, 0.2) is 36.4 Å². The summed E-state index contributed by atoms with van der Waals surface area (Å²) in [5, 5.41) is 2.89. The minimum absolute atomic E-state index is 0.0127. The highest BCUT2D eigenvalue weighted by atomic mass is 16.7. The zero-order chi connectivity index (χ0) is 20.0. The second-order valence-electron chi connectivity index (χ2n) is 7.51. The summed E-state index contributed by atoms with van der Waals surface area (Å²) in [6.45, 7) is 3.01. The molecular weight excluding hydrogens is 372 g/mol. The SMILES string of the molecule is CCCCNC(=O)CN1C(=O)C2(COc3cc4c(cc32)OCO4)c2ccccc21. The Hall–Kier alpha value is -3.22. The standard InChI is InChI=1S/C22H22N2O5/c1-2-3-8-23-20(25)11-24-16-7-5-4-6-14(16)22(21(24)26)12-27-17-10-19-18(9-15(17)22)28-13-29-19/h4-7,9-10H,2-3,8,11-13H2,1H3,(H,23,25). The number of para-hydroxylation sites is 1. The number of fused-ring (bicyclic) bond motifs is 5. The van der Waals surface area contributed by atoms with Gasteiger partial charge in [0.25, 0.3) is 0 Å². The Morgan fingerprint density at radius 1 is 1.10 bits per heavy atom. The first-order valence-electron chi connectivity index (χ1n) is 9.90. The fourth-order valence-electron chi connectivity index (χ4n) is 4.33. The molecule has 0 saturated carbocycles. The van der Waals surface area contributed by atoms with Crippen LogP contribution in [0.4, 0.5) is 5.69 Å². The van der Waals surface area contributed by atoms with Crippen molar-refractivity contribution in [3.63, 3.8) is 0 Å². The molecule has 2 aromatic rings. The van der Waals surface area contributed by atoms with Crippen LogP contribution in [0.5, 0.6) is 17.2 Å². The number of hydrogen-bond acceptors (Lipinski definition) is 5. The van der Waals surface area contributed by atoms with Crippen molar-refractivity contribution in [3.05, 3.63) is 47.5 Å². The van der Waals surface area contributed by atoms with E-state index in [-0.39, 0.29) is 31.8 Å². The van der Waals surface area contributed by atoms with Crippen LogP contribution in [0.3, 0.4) is 0 Å². The first-order valence-corrected chi connectivity index (χ1v) is 9.90. The molecule has 3 aliphatic rings. The van der Waals surface area contributed by atoms with Crippen LogP contribution >= 0.6 is 0 Å². The van der Waals surface area contributed by atoms with Crippen LogP contribution in [-0.2, 0) is 15.0 Å². The van der Waals surface area contributed by atoms with E-state index in [0.717, 1.165) is 29.7 Å². The van der Waals surface area contributed by atoms with E-state index in [1.165, 1.54) is 0 Å². The van der Waals surface area contributed by atoms with Gasteiger partial charge in [-0.05, 0) is 24.1 Å². The number of carbonyl (C=O) groups excluding carboxylic acids is 2. The molecule has 0 aromatic heterocycles. The monoisotopic (exact) mass is 394 g/mol. The van der Waals surface area contributed by atoms with Gasteiger partial charge in [0.2, 0.25) is 18.6 Å². The van der Waals surface area contributed by atoms with Crippen molar-refractivity contribution in [2.45, 2.75) is 25.2 Å². The number of ether oxygens (including phenoxy) is 3. The van der Waals surface area contributed by atoms with E-state index >= 15 is 0 Å². The summed E-state index contributed by atoms with van der Waals surface area (Å²) < 4.78 is 16.9. The molecular formula is C22H22N2O5. The lowest BCUT2D eigenvalue weighted by Gasteiger charge is -2.23. The number of nitrogens with one attached hydrogen (secondary N) is 1. The molecule has 0 aliphatic carbocycles. The summed E-state index contributed by atoms with van der Waals surface area (Å²) in [4.78, 5) is 27.7. The third-order valence-corrected chi connectivity index (χ3v) is 5.80. The van der Waals surface area contributed by atoms with Gasteiger partial charge in [0.1, 0.15) is 24.3 Å². The topological polar surface area (TPSA) is 77.1 Å². The number of anilines is 1. The molecule has 5 rings (SSSR count). The van der Waals surface area contributed by atoms with Gasteiger partial charge in [-0.15, -0.1) is 0 Å². The van der Waals surface area contributed by atoms with E-state index in [1.54, 1.807) is 11.0 Å². The molecule has 150 valence electrons. The maximum absolute atomic E-state index is 13.7. The van der Waals surface area contributed by atoms with Gasteiger partial charge >= 0.3 is 0 Å². The number of hydrogen-bond donors (Lipinski definition) is 1. The molecule has 1 unspecified atom stereocenters. The predicted octanol–water partition coefficient (Wildman–Crippen LogP) is 2.36. The third kappa shape index (κ3) is 2.57. The largest absolute Gasteiger partial charge is 0.491 e. The van der Waals surface area contributed by atoms with E-state index in [9.17, 15) is 9.59 Å². The Kier molecular flexibility index (Phi) is 4.12. The molecule has 0 fully saturated rings. The van der Waals surface area contributed by atoms with Crippen LogP contribution in [0.2, 0.25) is 0 Å². The lowest BCUT2D eigenvalue weighted by atomic mass is 9.77. The highest BCUT2D eigenvalue weighted by molar-refractivity contribution is 6.13. The average Bonchev–Trinajstić information content (AvgIpc) is 3.40. The van der Waals surface area contributed by atoms with Gasteiger partial charge in [-0.3, -0.25) is 9.59 Å². The van der Waals surface area contributed by atoms with Gasteiger partial charge in [-0.1, -0.05) is 31.5 Å². The summed E-state index contributed by atoms with van der Waals surface area (Å²) >= 11 is 0. The van der Waals surface area contributed by atoms with E-state index < -0.39 is 5.41 Å². The Balaban J connectivity index is 1.53. The summed E-state index contributed by atoms with van der Waals surface area (Å²) in [5.74, 6) is 1.53. The summed E-state index contributed by atoms with van der Waals surface area (Å²) in [7, 11) is 0. The van der Waals surface area contributed by atoms with Crippen molar-refractivity contribution in [2.75, 3.05) is 31.4 Å². The van der Waals surface area contributed by atoms with Crippen molar-refractivity contribution in [2.24, 2.45) is 0 Å². The fourth-order valence-corrected chi connectivity index (χ4v) is 4.33. The van der Waals surface area contributed by atoms with E-state index in [2.05, 4.69) is 12.2 Å². The molecule has 0 saturated heterocycles. The molecule has 7 nitrogen and oxygen atoms in total. The maximum atomic E-state index is 13.7. The molecule has 3 aliphatic heterocycles. The summed E-state index contributed by atoms with van der Waals surface area (Å²) in [5.41, 5.74) is 1.38. The molecule has 29 heavy (non-hydrogen) atoms. The van der Waals surface area contributed by atoms with Crippen LogP contribution in [0.25, 0.3) is 0 Å². The van der Waals surface area contributed by atoms with Gasteiger partial charge in [0.15, 0.2) is 11.5 Å². The lowest BCUT2D eigenvalue weighted by Crippen LogP contribution is -2.46. The zero-order valence-corrected chi connectivity index (χ0v) is 16.2. The second kappa shape index (κ2) is 6.69. The van der Waals surface area contributed by atoms with Crippen molar-refractivity contribution in [1.82, 2.24) is 5.32 Å². The van der Waals surface area contributed by atoms with Crippen LogP contribution < -0.4 is 24.4 Å². The number of amides is 2. The molecule has 2 amide bonds. The molecule has 7 heteroatoms. The molecule has 1 atom stereocenters. The van der Waals surface area contributed by atoms with Gasteiger partial charge in [0.05, 0.1) is 0 Å². The predicted molar refractivity (Wildman–Crippen MR) is 106 cm³/mol. The van der Waals surface area contributed by atoms with Crippen LogP contribution in [0.1, 0.15) is 30.9 Å². The smallest absolute Gasteiger partial charge is 0.246 e. The molecule has 1 N–H and O–H groups in total. The number of nitrogens with zero attached hydrogens (tertiary/aromatic N) is 1. The van der Waals surface area contributed by atoms with E-state index in [0.29, 0.717) is 23.8 Å². The minimum atomic E-state index is -0.976. The number of carbonyl (C=O) groups is 2. The molecule has 0 bridgehead atoms. The van der Waals surface area contributed by atoms with Crippen molar-refractivity contribution < 1.29 is 23.8 Å². The van der Waals surface area contributed by atoms with E-state index in [4.69, 9.17) is 14.2 Å². The van der Waals surface area contributed by atoms with Crippen molar-refractivity contribution in [3.8, 4) is 17.2 Å². The Bertz CT molecular complexity index is 1000. The summed E-state index contributed by atoms with van der Waals surface area (Å²) in [6.07, 6.45) is 1.91. The van der Waals surface area contributed by atoms with Gasteiger partial charge in [-0.2, -0.15) is 0 Å². The first kappa shape index (κ1) is 17.8. The van der Waals surface area contributed by atoms with E-state index in [1.807, 2.05) is 30.3 Å². The van der Waals surface area contributed by atoms with Crippen molar-refractivity contribution >= 4 is 17.5 Å². The highest BCUT2D eigenvalue weighted by Crippen LogP contribution is 2.54. The average molecular weight is 394 g/mol. The molecule has 0 radical (unpaired) electrons. The first-order chi connectivity index (χ1) is 14.1. The Morgan fingerprint density at radius 3 is 2.72 bits per heavy atom. The number of benzene rings is 2. The quantitative estimate of drug-likeness (QED) is 0.788. The number of rotatable bonds is 5. The molecule has 1 spiro atoms. The zero-order valence-electron chi connectivity index (χ0n) is 16.2. The van der Waals surface area contributed by atoms with Crippen molar-refractivity contribution in [1.29, 1.82) is 0 Å².